The second kappa shape index (κ2) is 8.56. The maximum absolute atomic E-state index is 12.9. The smallest absolute Gasteiger partial charge is 0.241 e. The van der Waals surface area contributed by atoms with Crippen molar-refractivity contribution >= 4 is 10.0 Å². The number of rotatable bonds is 8. The third-order valence-corrected chi connectivity index (χ3v) is 5.94. The minimum Gasteiger partial charge on any atom is -0.496 e. The van der Waals surface area contributed by atoms with Crippen LogP contribution >= 0.6 is 0 Å². The van der Waals surface area contributed by atoms with Crippen molar-refractivity contribution in [2.45, 2.75) is 44.6 Å². The van der Waals surface area contributed by atoms with Gasteiger partial charge < -0.3 is 9.47 Å². The summed E-state index contributed by atoms with van der Waals surface area (Å²) in [4.78, 5) is 0.249. The Morgan fingerprint density at radius 2 is 1.65 bits per heavy atom. The molecular formula is C20H27NO4S. The van der Waals surface area contributed by atoms with Gasteiger partial charge in [0.15, 0.2) is 0 Å². The van der Waals surface area contributed by atoms with Crippen molar-refractivity contribution in [2.24, 2.45) is 0 Å². The van der Waals surface area contributed by atoms with Crippen LogP contribution in [0.2, 0.25) is 0 Å². The predicted octanol–water partition coefficient (Wildman–Crippen LogP) is 4.00. The van der Waals surface area contributed by atoms with Crippen molar-refractivity contribution in [1.29, 1.82) is 0 Å². The van der Waals surface area contributed by atoms with Crippen LogP contribution < -0.4 is 14.2 Å². The maximum Gasteiger partial charge on any atom is 0.241 e. The van der Waals surface area contributed by atoms with E-state index in [4.69, 9.17) is 9.47 Å². The van der Waals surface area contributed by atoms with Crippen molar-refractivity contribution < 1.29 is 17.9 Å². The van der Waals surface area contributed by atoms with Crippen molar-refractivity contribution in [2.75, 3.05) is 14.2 Å². The van der Waals surface area contributed by atoms with Crippen molar-refractivity contribution in [3.05, 3.63) is 53.1 Å². The molecule has 1 atom stereocenters. The van der Waals surface area contributed by atoms with Gasteiger partial charge in [-0.15, -0.1) is 0 Å². The Morgan fingerprint density at radius 3 is 2.19 bits per heavy atom. The Hall–Kier alpha value is -2.05. The summed E-state index contributed by atoms with van der Waals surface area (Å²) in [5.74, 6) is 1.48. The minimum atomic E-state index is -3.64. The van der Waals surface area contributed by atoms with Gasteiger partial charge in [0, 0.05) is 6.04 Å². The number of ether oxygens (including phenoxy) is 2. The van der Waals surface area contributed by atoms with Gasteiger partial charge in [-0.1, -0.05) is 26.0 Å². The molecule has 0 bridgehead atoms. The number of benzene rings is 2. The van der Waals surface area contributed by atoms with E-state index in [0.717, 1.165) is 22.4 Å². The highest BCUT2D eigenvalue weighted by molar-refractivity contribution is 7.89. The van der Waals surface area contributed by atoms with E-state index >= 15 is 0 Å². The lowest BCUT2D eigenvalue weighted by Crippen LogP contribution is -2.28. The van der Waals surface area contributed by atoms with Gasteiger partial charge in [-0.25, -0.2) is 13.1 Å². The molecule has 5 nitrogen and oxygen atoms in total. The highest BCUT2D eigenvalue weighted by Gasteiger charge is 2.22. The predicted molar refractivity (Wildman–Crippen MR) is 103 cm³/mol. The fraction of sp³-hybridized carbons (Fsp3) is 0.400. The first-order valence-corrected chi connectivity index (χ1v) is 10.2. The fourth-order valence-corrected chi connectivity index (χ4v) is 4.32. The normalized spacial score (nSPS) is 12.7. The maximum atomic E-state index is 12.9. The molecule has 0 saturated heterocycles. The summed E-state index contributed by atoms with van der Waals surface area (Å²) in [6.07, 6.45) is 1.34. The largest absolute Gasteiger partial charge is 0.496 e. The standard InChI is InChI=1S/C20H27NO4S/c1-6-15-13-17(9-11-20(15)25-5)26(22,23)21-18(7-2)16-8-10-19(24-4)14(3)12-16/h8-13,18,21H,6-7H2,1-5H3/t18-/m1/s1. The fourth-order valence-electron chi connectivity index (χ4n) is 2.96. The molecule has 1 N–H and O–H groups in total. The van der Waals surface area contributed by atoms with Crippen LogP contribution in [0, 0.1) is 6.92 Å². The number of sulfonamides is 1. The molecule has 0 radical (unpaired) electrons. The van der Waals surface area contributed by atoms with Crippen molar-refractivity contribution in [1.82, 2.24) is 4.72 Å². The summed E-state index contributed by atoms with van der Waals surface area (Å²) >= 11 is 0. The molecule has 0 saturated carbocycles. The number of methoxy groups -OCH3 is 2. The van der Waals surface area contributed by atoms with Crippen LogP contribution in [0.1, 0.15) is 43.0 Å². The molecule has 0 fully saturated rings. The van der Waals surface area contributed by atoms with Crippen LogP contribution in [0.5, 0.6) is 11.5 Å². The van der Waals surface area contributed by atoms with E-state index in [1.54, 1.807) is 32.4 Å². The average molecular weight is 378 g/mol. The molecule has 0 aromatic heterocycles. The Morgan fingerprint density at radius 1 is 1.00 bits per heavy atom. The SMILES string of the molecule is CCc1cc(S(=O)(=O)N[C@H](CC)c2ccc(OC)c(C)c2)ccc1OC. The second-order valence-electron chi connectivity index (χ2n) is 6.14. The van der Waals surface area contributed by atoms with Gasteiger partial charge in [-0.3, -0.25) is 0 Å². The summed E-state index contributed by atoms with van der Waals surface area (Å²) in [5.41, 5.74) is 2.75. The Balaban J connectivity index is 2.33. The Labute approximate surface area is 156 Å². The van der Waals surface area contributed by atoms with Crippen LogP contribution in [-0.2, 0) is 16.4 Å². The molecule has 0 heterocycles. The summed E-state index contributed by atoms with van der Waals surface area (Å²) in [6.45, 7) is 5.87. The first kappa shape index (κ1) is 20.3. The zero-order chi connectivity index (χ0) is 19.3. The van der Waals surface area contributed by atoms with E-state index in [1.165, 1.54) is 0 Å². The van der Waals surface area contributed by atoms with Crippen LogP contribution in [0.25, 0.3) is 0 Å². The van der Waals surface area contributed by atoms with Crippen LogP contribution in [0.3, 0.4) is 0 Å². The highest BCUT2D eigenvalue weighted by atomic mass is 32.2. The zero-order valence-corrected chi connectivity index (χ0v) is 16.8. The molecule has 6 heteroatoms. The van der Waals surface area contributed by atoms with Gasteiger partial charge in [-0.05, 0) is 60.7 Å². The summed E-state index contributed by atoms with van der Waals surface area (Å²) in [5, 5.41) is 0. The van der Waals surface area contributed by atoms with Gasteiger partial charge >= 0.3 is 0 Å². The van der Waals surface area contributed by atoms with Crippen molar-refractivity contribution in [3.8, 4) is 11.5 Å². The lowest BCUT2D eigenvalue weighted by molar-refractivity contribution is 0.409. The third kappa shape index (κ3) is 4.37. The topological polar surface area (TPSA) is 64.6 Å². The van der Waals surface area contributed by atoms with E-state index in [2.05, 4.69) is 4.72 Å². The van der Waals surface area contributed by atoms with Gasteiger partial charge in [0.2, 0.25) is 10.0 Å². The van der Waals surface area contributed by atoms with Gasteiger partial charge in [-0.2, -0.15) is 0 Å². The number of aryl methyl sites for hydroxylation is 2. The summed E-state index contributed by atoms with van der Waals surface area (Å²) in [6, 6.07) is 10.4. The van der Waals surface area contributed by atoms with Gasteiger partial charge in [0.25, 0.3) is 0 Å². The van der Waals surface area contributed by atoms with Gasteiger partial charge in [0.1, 0.15) is 11.5 Å². The summed E-state index contributed by atoms with van der Waals surface area (Å²) < 4.78 is 39.1. The minimum absolute atomic E-state index is 0.249. The molecule has 2 aromatic carbocycles. The first-order chi connectivity index (χ1) is 12.4. The van der Waals surface area contributed by atoms with E-state index in [-0.39, 0.29) is 10.9 Å². The molecule has 26 heavy (non-hydrogen) atoms. The average Bonchev–Trinajstić information content (AvgIpc) is 2.65. The Kier molecular flexibility index (Phi) is 6.67. The van der Waals surface area contributed by atoms with Crippen LogP contribution in [0.4, 0.5) is 0 Å². The third-order valence-electron chi connectivity index (χ3n) is 4.47. The molecule has 2 aromatic rings. The summed E-state index contributed by atoms with van der Waals surface area (Å²) in [7, 11) is -0.437. The molecule has 0 unspecified atom stereocenters. The molecule has 0 aliphatic rings. The molecule has 0 amide bonds. The van der Waals surface area contributed by atoms with E-state index < -0.39 is 10.0 Å². The molecule has 0 spiro atoms. The number of hydrogen-bond donors (Lipinski definition) is 1. The first-order valence-electron chi connectivity index (χ1n) is 8.70. The van der Waals surface area contributed by atoms with E-state index in [9.17, 15) is 8.42 Å². The lowest BCUT2D eigenvalue weighted by atomic mass is 10.0. The second-order valence-corrected chi connectivity index (χ2v) is 7.85. The quantitative estimate of drug-likeness (QED) is 0.755. The molecule has 0 aliphatic carbocycles. The zero-order valence-electron chi connectivity index (χ0n) is 16.0. The Bertz CT molecular complexity index is 862. The van der Waals surface area contributed by atoms with E-state index in [1.807, 2.05) is 39.0 Å². The lowest BCUT2D eigenvalue weighted by Gasteiger charge is -2.19. The van der Waals surface area contributed by atoms with Crippen LogP contribution in [-0.4, -0.2) is 22.6 Å². The van der Waals surface area contributed by atoms with E-state index in [0.29, 0.717) is 18.6 Å². The number of nitrogens with one attached hydrogen (secondary N) is 1. The molecule has 0 aliphatic heterocycles. The highest BCUT2D eigenvalue weighted by Crippen LogP contribution is 2.27. The monoisotopic (exact) mass is 377 g/mol. The van der Waals surface area contributed by atoms with Crippen molar-refractivity contribution in [3.63, 3.8) is 0 Å². The molecular weight excluding hydrogens is 350 g/mol. The molecule has 142 valence electrons. The number of hydrogen-bond acceptors (Lipinski definition) is 4. The molecule has 2 rings (SSSR count). The van der Waals surface area contributed by atoms with Crippen LogP contribution in [0.15, 0.2) is 41.3 Å². The van der Waals surface area contributed by atoms with Gasteiger partial charge in [0.05, 0.1) is 19.1 Å².